The maximum absolute atomic E-state index is 13.1. The van der Waals surface area contributed by atoms with Crippen LogP contribution in [0.15, 0.2) is 59.6 Å². The number of aromatic nitrogens is 2. The van der Waals surface area contributed by atoms with Crippen LogP contribution >= 0.6 is 11.8 Å². The molecule has 0 unspecified atom stereocenters. The fraction of sp³-hybridized carbons (Fsp3) is 0.158. The Kier molecular flexibility index (Phi) is 5.37. The van der Waals surface area contributed by atoms with Crippen LogP contribution in [0.25, 0.3) is 11.1 Å². The van der Waals surface area contributed by atoms with Gasteiger partial charge in [-0.05, 0) is 30.0 Å². The minimum Gasteiger partial charge on any atom is -0.321 e. The molecule has 1 amide bonds. The zero-order chi connectivity index (χ0) is 18.7. The van der Waals surface area contributed by atoms with E-state index in [1.807, 2.05) is 42.7 Å². The zero-order valence-electron chi connectivity index (χ0n) is 14.2. The van der Waals surface area contributed by atoms with Crippen molar-refractivity contribution in [2.75, 3.05) is 11.6 Å². The lowest BCUT2D eigenvalue weighted by Gasteiger charge is -2.11. The molecule has 3 rings (SSSR count). The van der Waals surface area contributed by atoms with Crippen LogP contribution in [0.3, 0.4) is 0 Å². The molecule has 26 heavy (non-hydrogen) atoms. The molecular formula is C19H17F2N3OS. The van der Waals surface area contributed by atoms with Crippen molar-refractivity contribution in [2.24, 2.45) is 7.05 Å². The maximum atomic E-state index is 13.1. The lowest BCUT2D eigenvalue weighted by atomic mass is 10.0. The SMILES string of the molecule is CSc1ccc(-c2ccccc2NC(=O)c2cn(C)nc2C(F)F)cc1. The summed E-state index contributed by atoms with van der Waals surface area (Å²) in [6.07, 6.45) is 0.482. The van der Waals surface area contributed by atoms with Crippen LogP contribution in [0.1, 0.15) is 22.5 Å². The molecule has 4 nitrogen and oxygen atoms in total. The number of para-hydroxylation sites is 1. The van der Waals surface area contributed by atoms with Crippen LogP contribution in [0.2, 0.25) is 0 Å². The molecule has 0 atom stereocenters. The summed E-state index contributed by atoms with van der Waals surface area (Å²) in [5.74, 6) is -0.610. The van der Waals surface area contributed by atoms with E-state index in [9.17, 15) is 13.6 Å². The molecule has 0 aliphatic carbocycles. The van der Waals surface area contributed by atoms with Gasteiger partial charge in [-0.1, -0.05) is 30.3 Å². The fourth-order valence-corrected chi connectivity index (χ4v) is 3.05. The molecule has 0 aliphatic rings. The summed E-state index contributed by atoms with van der Waals surface area (Å²) in [7, 11) is 1.50. The van der Waals surface area contributed by atoms with Crippen molar-refractivity contribution >= 4 is 23.4 Å². The number of nitrogens with zero attached hydrogens (tertiary/aromatic N) is 2. The van der Waals surface area contributed by atoms with Gasteiger partial charge >= 0.3 is 0 Å². The van der Waals surface area contributed by atoms with Crippen LogP contribution in [-0.2, 0) is 7.05 Å². The minimum absolute atomic E-state index is 0.130. The predicted octanol–water partition coefficient (Wildman–Crippen LogP) is 5.00. The molecular weight excluding hydrogens is 356 g/mol. The van der Waals surface area contributed by atoms with Crippen molar-refractivity contribution in [3.63, 3.8) is 0 Å². The zero-order valence-corrected chi connectivity index (χ0v) is 15.1. The number of hydrogen-bond donors (Lipinski definition) is 1. The Labute approximate surface area is 154 Å². The summed E-state index contributed by atoms with van der Waals surface area (Å²) in [4.78, 5) is 13.7. The van der Waals surface area contributed by atoms with Gasteiger partial charge in [0.15, 0.2) is 0 Å². The smallest absolute Gasteiger partial charge is 0.282 e. The van der Waals surface area contributed by atoms with Crippen molar-refractivity contribution in [3.05, 3.63) is 66.0 Å². The van der Waals surface area contributed by atoms with Crippen LogP contribution in [0.5, 0.6) is 0 Å². The summed E-state index contributed by atoms with van der Waals surface area (Å²) in [5, 5.41) is 6.41. The van der Waals surface area contributed by atoms with E-state index in [1.165, 1.54) is 17.9 Å². The van der Waals surface area contributed by atoms with E-state index < -0.39 is 18.0 Å². The number of benzene rings is 2. The summed E-state index contributed by atoms with van der Waals surface area (Å²) < 4.78 is 27.4. The average molecular weight is 373 g/mol. The van der Waals surface area contributed by atoms with Gasteiger partial charge in [-0.15, -0.1) is 11.8 Å². The first kappa shape index (κ1) is 18.1. The van der Waals surface area contributed by atoms with Crippen molar-refractivity contribution in [1.82, 2.24) is 9.78 Å². The van der Waals surface area contributed by atoms with Crippen LogP contribution in [-0.4, -0.2) is 21.9 Å². The van der Waals surface area contributed by atoms with Gasteiger partial charge in [-0.2, -0.15) is 5.10 Å². The molecule has 0 radical (unpaired) electrons. The Morgan fingerprint density at radius 1 is 1.15 bits per heavy atom. The molecule has 7 heteroatoms. The topological polar surface area (TPSA) is 46.9 Å². The molecule has 1 N–H and O–H groups in total. The van der Waals surface area contributed by atoms with Gasteiger partial charge in [0, 0.05) is 29.4 Å². The van der Waals surface area contributed by atoms with E-state index >= 15 is 0 Å². The number of thioether (sulfide) groups is 1. The van der Waals surface area contributed by atoms with Crippen molar-refractivity contribution in [3.8, 4) is 11.1 Å². The first-order valence-corrected chi connectivity index (χ1v) is 9.08. The largest absolute Gasteiger partial charge is 0.321 e. The standard InChI is InChI=1S/C19H17F2N3OS/c1-24-11-15(17(23-24)18(20)21)19(25)22-16-6-4-3-5-14(16)12-7-9-13(26-2)10-8-12/h3-11,18H,1-2H3,(H,22,25). The van der Waals surface area contributed by atoms with Gasteiger partial charge in [0.25, 0.3) is 12.3 Å². The van der Waals surface area contributed by atoms with Gasteiger partial charge in [0.2, 0.25) is 0 Å². The Hall–Kier alpha value is -2.67. The number of nitrogens with one attached hydrogen (secondary N) is 1. The highest BCUT2D eigenvalue weighted by molar-refractivity contribution is 7.98. The Morgan fingerprint density at radius 3 is 2.50 bits per heavy atom. The second-order valence-electron chi connectivity index (χ2n) is 5.63. The van der Waals surface area contributed by atoms with Gasteiger partial charge in [-0.3, -0.25) is 9.48 Å². The number of carbonyl (C=O) groups is 1. The van der Waals surface area contributed by atoms with Crippen LogP contribution in [0.4, 0.5) is 14.5 Å². The molecule has 2 aromatic carbocycles. The van der Waals surface area contributed by atoms with Crippen LogP contribution in [0, 0.1) is 0 Å². The molecule has 0 bridgehead atoms. The Morgan fingerprint density at radius 2 is 1.85 bits per heavy atom. The van der Waals surface area contributed by atoms with E-state index in [0.717, 1.165) is 16.0 Å². The first-order chi connectivity index (χ1) is 12.5. The van der Waals surface area contributed by atoms with E-state index in [1.54, 1.807) is 23.9 Å². The number of alkyl halides is 2. The Bertz CT molecular complexity index is 923. The quantitative estimate of drug-likeness (QED) is 0.640. The number of aryl methyl sites for hydroxylation is 1. The highest BCUT2D eigenvalue weighted by Crippen LogP contribution is 2.30. The second-order valence-corrected chi connectivity index (χ2v) is 6.51. The predicted molar refractivity (Wildman–Crippen MR) is 99.8 cm³/mol. The van der Waals surface area contributed by atoms with Gasteiger partial charge in [-0.25, -0.2) is 8.78 Å². The first-order valence-electron chi connectivity index (χ1n) is 7.86. The molecule has 1 aromatic heterocycles. The molecule has 0 saturated heterocycles. The molecule has 0 fully saturated rings. The lowest BCUT2D eigenvalue weighted by molar-refractivity contribution is 0.101. The molecule has 0 aliphatic heterocycles. The van der Waals surface area contributed by atoms with Gasteiger partial charge < -0.3 is 5.32 Å². The second kappa shape index (κ2) is 7.70. The Balaban J connectivity index is 1.92. The molecule has 0 spiro atoms. The van der Waals surface area contributed by atoms with E-state index in [0.29, 0.717) is 5.69 Å². The summed E-state index contributed by atoms with van der Waals surface area (Å²) >= 11 is 1.64. The van der Waals surface area contributed by atoms with Crippen molar-refractivity contribution in [1.29, 1.82) is 0 Å². The maximum Gasteiger partial charge on any atom is 0.282 e. The third-order valence-electron chi connectivity index (χ3n) is 3.88. The summed E-state index contributed by atoms with van der Waals surface area (Å²) in [6.45, 7) is 0. The molecule has 3 aromatic rings. The monoisotopic (exact) mass is 373 g/mol. The fourth-order valence-electron chi connectivity index (χ4n) is 2.65. The van der Waals surface area contributed by atoms with Crippen molar-refractivity contribution in [2.45, 2.75) is 11.3 Å². The third kappa shape index (κ3) is 3.77. The molecule has 1 heterocycles. The minimum atomic E-state index is -2.81. The molecule has 0 saturated carbocycles. The normalized spacial score (nSPS) is 11.0. The average Bonchev–Trinajstić information content (AvgIpc) is 3.05. The highest BCUT2D eigenvalue weighted by atomic mass is 32.2. The number of halogens is 2. The van der Waals surface area contributed by atoms with Crippen LogP contribution < -0.4 is 5.32 Å². The number of hydrogen-bond acceptors (Lipinski definition) is 3. The van der Waals surface area contributed by atoms with Crippen molar-refractivity contribution < 1.29 is 13.6 Å². The number of rotatable bonds is 5. The van der Waals surface area contributed by atoms with Gasteiger partial charge in [0.1, 0.15) is 5.69 Å². The third-order valence-corrected chi connectivity index (χ3v) is 4.63. The van der Waals surface area contributed by atoms with E-state index in [-0.39, 0.29) is 5.56 Å². The summed E-state index contributed by atoms with van der Waals surface area (Å²) in [6, 6.07) is 15.2. The molecule has 134 valence electrons. The number of carbonyl (C=O) groups excluding carboxylic acids is 1. The number of amides is 1. The number of anilines is 1. The van der Waals surface area contributed by atoms with E-state index in [4.69, 9.17) is 0 Å². The van der Waals surface area contributed by atoms with Gasteiger partial charge in [0.05, 0.1) is 5.56 Å². The highest BCUT2D eigenvalue weighted by Gasteiger charge is 2.23. The lowest BCUT2D eigenvalue weighted by Crippen LogP contribution is -2.14. The summed E-state index contributed by atoms with van der Waals surface area (Å²) in [5.41, 5.74) is 1.65. The van der Waals surface area contributed by atoms with E-state index in [2.05, 4.69) is 10.4 Å².